The summed E-state index contributed by atoms with van der Waals surface area (Å²) in [6.45, 7) is 4.09. The summed E-state index contributed by atoms with van der Waals surface area (Å²) < 4.78 is 7.65. The zero-order chi connectivity index (χ0) is 19.5. The number of amides is 1. The lowest BCUT2D eigenvalue weighted by atomic mass is 9.83. The van der Waals surface area contributed by atoms with Crippen LogP contribution >= 0.6 is 0 Å². The van der Waals surface area contributed by atoms with E-state index >= 15 is 0 Å². The number of aryl methyl sites for hydroxylation is 1. The highest BCUT2D eigenvalue weighted by Crippen LogP contribution is 2.31. The minimum absolute atomic E-state index is 0.240. The number of nitrogens with zero attached hydrogens (tertiary/aromatic N) is 3. The second-order valence-electron chi connectivity index (χ2n) is 8.43. The predicted molar refractivity (Wildman–Crippen MR) is 113 cm³/mol. The van der Waals surface area contributed by atoms with Crippen molar-refractivity contribution in [1.29, 1.82) is 0 Å². The molecule has 152 valence electrons. The second kappa shape index (κ2) is 8.56. The number of hydrogen-bond donors (Lipinski definition) is 0. The van der Waals surface area contributed by atoms with Crippen LogP contribution in [0.2, 0.25) is 0 Å². The van der Waals surface area contributed by atoms with Crippen molar-refractivity contribution in [3.05, 3.63) is 30.5 Å². The van der Waals surface area contributed by atoms with Crippen molar-refractivity contribution in [3.63, 3.8) is 0 Å². The third-order valence-electron chi connectivity index (χ3n) is 6.70. The SMILES string of the molecule is COc1cccc2ccn(CCC(=O)N(C)CC3CCCN4CCCCC34)c12. The van der Waals surface area contributed by atoms with E-state index in [0.29, 0.717) is 24.9 Å². The van der Waals surface area contributed by atoms with Gasteiger partial charge >= 0.3 is 0 Å². The van der Waals surface area contributed by atoms with E-state index in [0.717, 1.165) is 23.2 Å². The molecule has 2 saturated heterocycles. The van der Waals surface area contributed by atoms with Gasteiger partial charge in [-0.25, -0.2) is 0 Å². The Morgan fingerprint density at radius 2 is 2.04 bits per heavy atom. The molecule has 0 saturated carbocycles. The largest absolute Gasteiger partial charge is 0.495 e. The zero-order valence-electron chi connectivity index (χ0n) is 17.3. The summed E-state index contributed by atoms with van der Waals surface area (Å²) in [5, 5.41) is 1.15. The summed E-state index contributed by atoms with van der Waals surface area (Å²) in [6, 6.07) is 8.84. The van der Waals surface area contributed by atoms with Gasteiger partial charge in [-0.3, -0.25) is 4.79 Å². The average Bonchev–Trinajstić information content (AvgIpc) is 3.15. The first-order chi connectivity index (χ1) is 13.7. The number of methoxy groups -OCH3 is 1. The standard InChI is InChI=1S/C23H33N3O2/c1-24(17-19-8-6-14-25-13-4-3-9-20(19)25)22(27)12-16-26-15-11-18-7-5-10-21(28-2)23(18)26/h5,7,10-11,15,19-20H,3-4,6,8-9,12-14,16-17H2,1-2H3. The van der Waals surface area contributed by atoms with Crippen molar-refractivity contribution in [1.82, 2.24) is 14.4 Å². The van der Waals surface area contributed by atoms with Crippen molar-refractivity contribution in [3.8, 4) is 5.75 Å². The molecule has 4 rings (SSSR count). The summed E-state index contributed by atoms with van der Waals surface area (Å²) in [4.78, 5) is 17.5. The van der Waals surface area contributed by atoms with E-state index in [9.17, 15) is 4.79 Å². The number of rotatable bonds is 6. The van der Waals surface area contributed by atoms with Gasteiger partial charge in [0.05, 0.1) is 12.6 Å². The molecule has 2 fully saturated rings. The molecule has 3 heterocycles. The molecule has 0 radical (unpaired) electrons. The van der Waals surface area contributed by atoms with Crippen LogP contribution in [0.4, 0.5) is 0 Å². The van der Waals surface area contributed by atoms with Crippen LogP contribution in [0.5, 0.6) is 5.75 Å². The third-order valence-corrected chi connectivity index (χ3v) is 6.70. The Bertz CT molecular complexity index is 813. The van der Waals surface area contributed by atoms with E-state index in [-0.39, 0.29) is 5.91 Å². The van der Waals surface area contributed by atoms with Crippen molar-refractivity contribution in [2.75, 3.05) is 33.8 Å². The summed E-state index contributed by atoms with van der Waals surface area (Å²) in [5.74, 6) is 1.74. The molecule has 0 N–H and O–H groups in total. The van der Waals surface area contributed by atoms with Crippen LogP contribution in [-0.4, -0.2) is 60.1 Å². The highest BCUT2D eigenvalue weighted by Gasteiger charge is 2.33. The molecule has 0 bridgehead atoms. The minimum Gasteiger partial charge on any atom is -0.495 e. The Morgan fingerprint density at radius 3 is 2.89 bits per heavy atom. The molecule has 1 aromatic carbocycles. The molecule has 2 atom stereocenters. The van der Waals surface area contributed by atoms with Crippen LogP contribution in [0, 0.1) is 5.92 Å². The van der Waals surface area contributed by atoms with Crippen LogP contribution < -0.4 is 4.74 Å². The molecule has 28 heavy (non-hydrogen) atoms. The second-order valence-corrected chi connectivity index (χ2v) is 8.43. The quantitative estimate of drug-likeness (QED) is 0.762. The van der Waals surface area contributed by atoms with Crippen molar-refractivity contribution >= 4 is 16.8 Å². The van der Waals surface area contributed by atoms with Crippen LogP contribution in [0.1, 0.15) is 38.5 Å². The van der Waals surface area contributed by atoms with Gasteiger partial charge in [-0.2, -0.15) is 0 Å². The summed E-state index contributed by atoms with van der Waals surface area (Å²) >= 11 is 0. The minimum atomic E-state index is 0.240. The lowest BCUT2D eigenvalue weighted by Crippen LogP contribution is -2.51. The molecular formula is C23H33N3O2. The van der Waals surface area contributed by atoms with Gasteiger partial charge in [0.15, 0.2) is 0 Å². The molecule has 2 unspecified atom stereocenters. The van der Waals surface area contributed by atoms with E-state index in [1.165, 1.54) is 45.2 Å². The number of carbonyl (C=O) groups is 1. The Balaban J connectivity index is 1.36. The Morgan fingerprint density at radius 1 is 1.18 bits per heavy atom. The first-order valence-corrected chi connectivity index (χ1v) is 10.8. The molecular weight excluding hydrogens is 350 g/mol. The molecule has 1 aromatic heterocycles. The predicted octanol–water partition coefficient (Wildman–Crippen LogP) is 3.76. The van der Waals surface area contributed by atoms with Gasteiger partial charge in [0.2, 0.25) is 5.91 Å². The first kappa shape index (κ1) is 19.3. The summed E-state index contributed by atoms with van der Waals surface area (Å²) in [7, 11) is 3.68. The van der Waals surface area contributed by atoms with Crippen LogP contribution in [0.3, 0.4) is 0 Å². The van der Waals surface area contributed by atoms with Gasteiger partial charge in [-0.05, 0) is 56.8 Å². The molecule has 0 aliphatic carbocycles. The number of piperidine rings is 2. The maximum atomic E-state index is 12.8. The zero-order valence-corrected chi connectivity index (χ0v) is 17.3. The normalized spacial score (nSPS) is 22.8. The number of aromatic nitrogens is 1. The van der Waals surface area contributed by atoms with Crippen LogP contribution in [-0.2, 0) is 11.3 Å². The maximum Gasteiger partial charge on any atom is 0.224 e. The highest BCUT2D eigenvalue weighted by atomic mass is 16.5. The van der Waals surface area contributed by atoms with Crippen molar-refractivity contribution < 1.29 is 9.53 Å². The Labute approximate surface area is 168 Å². The number of hydrogen-bond acceptors (Lipinski definition) is 3. The van der Waals surface area contributed by atoms with Crippen LogP contribution in [0.15, 0.2) is 30.5 Å². The van der Waals surface area contributed by atoms with E-state index in [2.05, 4.69) is 27.8 Å². The molecule has 2 aliphatic heterocycles. The molecule has 1 amide bonds. The van der Waals surface area contributed by atoms with Gasteiger partial charge < -0.3 is 19.1 Å². The molecule has 5 nitrogen and oxygen atoms in total. The average molecular weight is 384 g/mol. The fourth-order valence-corrected chi connectivity index (χ4v) is 5.23. The van der Waals surface area contributed by atoms with Gasteiger partial charge in [-0.15, -0.1) is 0 Å². The van der Waals surface area contributed by atoms with Gasteiger partial charge in [0.1, 0.15) is 5.75 Å². The van der Waals surface area contributed by atoms with Gasteiger partial charge in [0.25, 0.3) is 0 Å². The molecule has 2 aromatic rings. The maximum absolute atomic E-state index is 12.8. The number of fused-ring (bicyclic) bond motifs is 2. The number of para-hydroxylation sites is 1. The summed E-state index contributed by atoms with van der Waals surface area (Å²) in [6.07, 6.45) is 9.11. The molecule has 5 heteroatoms. The topological polar surface area (TPSA) is 37.7 Å². The fraction of sp³-hybridized carbons (Fsp3) is 0.609. The number of carbonyl (C=O) groups excluding carboxylic acids is 1. The first-order valence-electron chi connectivity index (χ1n) is 10.8. The van der Waals surface area contributed by atoms with Crippen molar-refractivity contribution in [2.45, 2.75) is 51.1 Å². The molecule has 0 spiro atoms. The lowest BCUT2D eigenvalue weighted by Gasteiger charge is -2.45. The number of benzene rings is 1. The van der Waals surface area contributed by atoms with E-state index < -0.39 is 0 Å². The van der Waals surface area contributed by atoms with E-state index in [4.69, 9.17) is 4.74 Å². The van der Waals surface area contributed by atoms with E-state index in [1.54, 1.807) is 7.11 Å². The smallest absolute Gasteiger partial charge is 0.224 e. The molecule has 2 aliphatic rings. The van der Waals surface area contributed by atoms with E-state index in [1.807, 2.05) is 24.1 Å². The van der Waals surface area contributed by atoms with Gasteiger partial charge in [-0.1, -0.05) is 18.6 Å². The van der Waals surface area contributed by atoms with Crippen LogP contribution in [0.25, 0.3) is 10.9 Å². The Kier molecular flexibility index (Phi) is 5.90. The summed E-state index contributed by atoms with van der Waals surface area (Å²) in [5.41, 5.74) is 1.07. The highest BCUT2D eigenvalue weighted by molar-refractivity contribution is 5.86. The fourth-order valence-electron chi connectivity index (χ4n) is 5.23. The number of ether oxygens (including phenoxy) is 1. The van der Waals surface area contributed by atoms with Gasteiger partial charge in [0, 0.05) is 44.2 Å². The monoisotopic (exact) mass is 383 g/mol. The van der Waals surface area contributed by atoms with Crippen molar-refractivity contribution in [2.24, 2.45) is 5.92 Å². The Hall–Kier alpha value is -2.01. The lowest BCUT2D eigenvalue weighted by molar-refractivity contribution is -0.131. The third kappa shape index (κ3) is 3.90.